The molecule has 0 aliphatic heterocycles. The van der Waals surface area contributed by atoms with E-state index >= 15 is 0 Å². The molecule has 30 heavy (non-hydrogen) atoms. The van der Waals surface area contributed by atoms with Crippen molar-refractivity contribution in [3.05, 3.63) is 71.4 Å². The van der Waals surface area contributed by atoms with Crippen molar-refractivity contribution in [2.24, 2.45) is 0 Å². The minimum atomic E-state index is 0.0127. The Hall–Kier alpha value is -3.12. The summed E-state index contributed by atoms with van der Waals surface area (Å²) in [5, 5.41) is 7.64. The van der Waals surface area contributed by atoms with Gasteiger partial charge in [-0.3, -0.25) is 4.79 Å². The van der Waals surface area contributed by atoms with Gasteiger partial charge in [-0.1, -0.05) is 17.7 Å². The fraction of sp³-hybridized carbons (Fsp3) is 0.333. The molecule has 1 aliphatic carbocycles. The van der Waals surface area contributed by atoms with Gasteiger partial charge in [0, 0.05) is 24.5 Å². The number of carbonyl (C=O) groups is 1. The predicted octanol–water partition coefficient (Wildman–Crippen LogP) is 2.68. The Morgan fingerprint density at radius 3 is 2.47 bits per heavy atom. The van der Waals surface area contributed by atoms with E-state index in [0.717, 1.165) is 23.7 Å². The Kier molecular flexibility index (Phi) is 5.86. The fourth-order valence-corrected chi connectivity index (χ4v) is 3.71. The van der Waals surface area contributed by atoms with Crippen LogP contribution in [0.25, 0.3) is 5.69 Å². The molecule has 3 aromatic rings. The summed E-state index contributed by atoms with van der Waals surface area (Å²) < 4.78 is 7.04. The van der Waals surface area contributed by atoms with Crippen LogP contribution in [-0.2, 0) is 11.3 Å². The summed E-state index contributed by atoms with van der Waals surface area (Å²) in [7, 11) is 1.67. The average Bonchev–Trinajstić information content (AvgIpc) is 3.52. The van der Waals surface area contributed by atoms with Gasteiger partial charge < -0.3 is 15.0 Å². The summed E-state index contributed by atoms with van der Waals surface area (Å²) in [6.45, 7) is 5.26. The lowest BCUT2D eigenvalue weighted by Gasteiger charge is -2.19. The number of nitrogens with zero attached hydrogens (tertiary/aromatic N) is 2. The van der Waals surface area contributed by atoms with Gasteiger partial charge in [0.05, 0.1) is 24.5 Å². The zero-order valence-corrected chi connectivity index (χ0v) is 17.8. The first-order chi connectivity index (χ1) is 14.5. The number of methoxy groups -OCH3 is 1. The quantitative estimate of drug-likeness (QED) is 0.606. The summed E-state index contributed by atoms with van der Waals surface area (Å²) in [5.41, 5.74) is 4.21. The minimum absolute atomic E-state index is 0.0127. The van der Waals surface area contributed by atoms with Gasteiger partial charge >= 0.3 is 0 Å². The van der Waals surface area contributed by atoms with E-state index in [0.29, 0.717) is 18.4 Å². The molecule has 1 aliphatic rings. The third kappa shape index (κ3) is 4.89. The minimum Gasteiger partial charge on any atom is -0.497 e. The molecule has 156 valence electrons. The number of aromatic nitrogens is 2. The summed E-state index contributed by atoms with van der Waals surface area (Å²) in [4.78, 5) is 14.2. The number of amides is 1. The van der Waals surface area contributed by atoms with E-state index in [1.54, 1.807) is 11.8 Å². The van der Waals surface area contributed by atoms with Crippen molar-refractivity contribution in [1.82, 2.24) is 9.78 Å². The molecule has 6 heteroatoms. The number of hydrogen-bond donors (Lipinski definition) is 2. The number of aryl methyl sites for hydroxylation is 2. The molecule has 1 fully saturated rings. The second-order valence-electron chi connectivity index (χ2n) is 8.10. The maximum absolute atomic E-state index is 12.9. The van der Waals surface area contributed by atoms with Crippen molar-refractivity contribution in [2.45, 2.75) is 39.3 Å². The summed E-state index contributed by atoms with van der Waals surface area (Å²) in [6.07, 6.45) is 2.36. The molecule has 0 radical (unpaired) electrons. The number of anilines is 1. The van der Waals surface area contributed by atoms with Crippen LogP contribution in [-0.4, -0.2) is 35.4 Å². The first-order valence-electron chi connectivity index (χ1n) is 10.4. The van der Waals surface area contributed by atoms with Crippen molar-refractivity contribution >= 4 is 11.7 Å². The summed E-state index contributed by atoms with van der Waals surface area (Å²) in [6, 6.07) is 18.7. The van der Waals surface area contributed by atoms with Crippen molar-refractivity contribution < 1.29 is 14.4 Å². The van der Waals surface area contributed by atoms with Crippen LogP contribution in [0.15, 0.2) is 54.6 Å². The number of nitrogens with one attached hydrogen (secondary N) is 2. The highest BCUT2D eigenvalue weighted by atomic mass is 16.5. The second kappa shape index (κ2) is 8.71. The van der Waals surface area contributed by atoms with Crippen molar-refractivity contribution in [3.63, 3.8) is 0 Å². The number of benzene rings is 2. The number of hydrogen-bond acceptors (Lipinski definition) is 3. The molecule has 1 amide bonds. The monoisotopic (exact) mass is 405 g/mol. The number of rotatable bonds is 8. The maximum Gasteiger partial charge on any atom is 0.280 e. The fourth-order valence-electron chi connectivity index (χ4n) is 3.71. The highest BCUT2D eigenvalue weighted by Crippen LogP contribution is 2.19. The molecule has 0 saturated heterocycles. The van der Waals surface area contributed by atoms with Gasteiger partial charge in [0.2, 0.25) is 0 Å². The molecule has 2 aromatic carbocycles. The zero-order valence-electron chi connectivity index (χ0n) is 17.8. The van der Waals surface area contributed by atoms with Crippen LogP contribution in [0.4, 0.5) is 5.82 Å². The Bertz CT molecular complexity index is 1000. The average molecular weight is 406 g/mol. The Morgan fingerprint density at radius 2 is 1.83 bits per heavy atom. The molecule has 1 heterocycles. The van der Waals surface area contributed by atoms with E-state index < -0.39 is 0 Å². The molecule has 6 nitrogen and oxygen atoms in total. The Labute approximate surface area is 177 Å². The van der Waals surface area contributed by atoms with Gasteiger partial charge in [0.1, 0.15) is 18.1 Å². The van der Waals surface area contributed by atoms with Gasteiger partial charge in [-0.15, -0.1) is 0 Å². The van der Waals surface area contributed by atoms with Crippen LogP contribution >= 0.6 is 0 Å². The molecular formula is C24H29N4O2+. The van der Waals surface area contributed by atoms with Crippen LogP contribution in [0.2, 0.25) is 0 Å². The lowest BCUT2D eigenvalue weighted by Crippen LogP contribution is -3.13. The van der Waals surface area contributed by atoms with Crippen LogP contribution in [0.5, 0.6) is 5.75 Å². The zero-order chi connectivity index (χ0) is 21.1. The largest absolute Gasteiger partial charge is 0.497 e. The predicted molar refractivity (Wildman–Crippen MR) is 117 cm³/mol. The first kappa shape index (κ1) is 20.2. The third-order valence-corrected chi connectivity index (χ3v) is 5.51. The molecule has 4 rings (SSSR count). The van der Waals surface area contributed by atoms with E-state index in [1.165, 1.54) is 28.9 Å². The first-order valence-corrected chi connectivity index (χ1v) is 10.4. The van der Waals surface area contributed by atoms with Gasteiger partial charge in [0.25, 0.3) is 5.91 Å². The van der Waals surface area contributed by atoms with E-state index in [1.807, 2.05) is 49.4 Å². The smallest absolute Gasteiger partial charge is 0.280 e. The lowest BCUT2D eigenvalue weighted by molar-refractivity contribution is -0.916. The SMILES string of the molecule is COc1ccc(C[NH+](CC(=O)Nc2cc(C)nn2-c2ccc(C)cc2)C2CC2)cc1. The summed E-state index contributed by atoms with van der Waals surface area (Å²) >= 11 is 0. The van der Waals surface area contributed by atoms with Crippen LogP contribution in [0.1, 0.15) is 29.7 Å². The normalized spacial score (nSPS) is 14.4. The highest BCUT2D eigenvalue weighted by molar-refractivity contribution is 5.91. The number of quaternary nitrogens is 1. The Balaban J connectivity index is 1.44. The molecule has 0 bridgehead atoms. The number of ether oxygens (including phenoxy) is 1. The molecular weight excluding hydrogens is 376 g/mol. The van der Waals surface area contributed by atoms with Crippen molar-refractivity contribution in [2.75, 3.05) is 19.0 Å². The van der Waals surface area contributed by atoms with E-state index in [-0.39, 0.29) is 5.91 Å². The topological polar surface area (TPSA) is 60.6 Å². The van der Waals surface area contributed by atoms with Gasteiger partial charge in [-0.2, -0.15) is 5.10 Å². The molecule has 1 atom stereocenters. The van der Waals surface area contributed by atoms with E-state index in [4.69, 9.17) is 4.74 Å². The number of carbonyl (C=O) groups excluding carboxylic acids is 1. The van der Waals surface area contributed by atoms with Gasteiger partial charge in [0.15, 0.2) is 6.54 Å². The Morgan fingerprint density at radius 1 is 1.13 bits per heavy atom. The van der Waals surface area contributed by atoms with Gasteiger partial charge in [-0.05, 0) is 50.2 Å². The van der Waals surface area contributed by atoms with Crippen LogP contribution in [0.3, 0.4) is 0 Å². The molecule has 1 unspecified atom stereocenters. The summed E-state index contributed by atoms with van der Waals surface area (Å²) in [5.74, 6) is 1.57. The van der Waals surface area contributed by atoms with Gasteiger partial charge in [-0.25, -0.2) is 4.68 Å². The van der Waals surface area contributed by atoms with E-state index in [9.17, 15) is 4.79 Å². The maximum atomic E-state index is 12.9. The van der Waals surface area contributed by atoms with Crippen molar-refractivity contribution in [1.29, 1.82) is 0 Å². The standard InChI is InChI=1S/C24H28N4O2/c1-17-4-8-21(9-5-17)28-23(14-18(2)26-28)25-24(29)16-27(20-10-11-20)15-19-6-12-22(30-3)13-7-19/h4-9,12-14,20H,10-11,15-16H2,1-3H3,(H,25,29)/p+1. The molecule has 1 aromatic heterocycles. The highest BCUT2D eigenvalue weighted by Gasteiger charge is 2.34. The van der Waals surface area contributed by atoms with Crippen LogP contribution in [0, 0.1) is 13.8 Å². The van der Waals surface area contributed by atoms with E-state index in [2.05, 4.69) is 29.5 Å². The third-order valence-electron chi connectivity index (χ3n) is 5.51. The van der Waals surface area contributed by atoms with Crippen molar-refractivity contribution in [3.8, 4) is 11.4 Å². The molecule has 2 N–H and O–H groups in total. The van der Waals surface area contributed by atoms with Crippen LogP contribution < -0.4 is 15.0 Å². The lowest BCUT2D eigenvalue weighted by atomic mass is 10.2. The second-order valence-corrected chi connectivity index (χ2v) is 8.10. The molecule has 1 saturated carbocycles. The molecule has 0 spiro atoms.